The minimum Gasteiger partial charge on any atom is -0.388 e. The van der Waals surface area contributed by atoms with Gasteiger partial charge in [-0.15, -0.1) is 0 Å². The second kappa shape index (κ2) is 10.7. The SMILES string of the molecule is C[C@H]1C(O)/C(=C\N(C)c2ccccc2)C[C@@]2(C)c3nc(-c4cccc5ncccc45)nc(-c4ccccc4F)c3CC[C@H]12. The molecule has 1 N–H and O–H groups in total. The van der Waals surface area contributed by atoms with Crippen LogP contribution in [0.1, 0.15) is 37.9 Å². The second-order valence-corrected chi connectivity index (χ2v) is 12.3. The van der Waals surface area contributed by atoms with Crippen molar-refractivity contribution in [2.45, 2.75) is 44.6 Å². The Balaban J connectivity index is 1.44. The van der Waals surface area contributed by atoms with Gasteiger partial charge in [-0.25, -0.2) is 14.4 Å². The normalized spacial score (nSPS) is 24.0. The van der Waals surface area contributed by atoms with Gasteiger partial charge in [0.15, 0.2) is 5.82 Å². The van der Waals surface area contributed by atoms with E-state index in [1.807, 2.05) is 67.7 Å². The molecule has 0 radical (unpaired) electrons. The molecule has 7 rings (SSSR count). The maximum Gasteiger partial charge on any atom is 0.160 e. The van der Waals surface area contributed by atoms with Crippen LogP contribution in [0.4, 0.5) is 10.1 Å². The molecule has 1 unspecified atom stereocenters. The molecule has 43 heavy (non-hydrogen) atoms. The van der Waals surface area contributed by atoms with Crippen LogP contribution in [0.25, 0.3) is 33.5 Å². The number of pyridine rings is 1. The Morgan fingerprint density at radius 2 is 1.70 bits per heavy atom. The van der Waals surface area contributed by atoms with Gasteiger partial charge in [0, 0.05) is 52.6 Å². The lowest BCUT2D eigenvalue weighted by atomic mass is 9.54. The van der Waals surface area contributed by atoms with Gasteiger partial charge in [-0.1, -0.05) is 62.4 Å². The number of halogens is 1. The molecule has 6 heteroatoms. The van der Waals surface area contributed by atoms with Gasteiger partial charge in [-0.05, 0) is 73.1 Å². The van der Waals surface area contributed by atoms with E-state index in [0.29, 0.717) is 23.5 Å². The van der Waals surface area contributed by atoms with E-state index in [0.717, 1.165) is 51.8 Å². The van der Waals surface area contributed by atoms with Crippen molar-refractivity contribution in [3.63, 3.8) is 0 Å². The molecule has 2 heterocycles. The minimum atomic E-state index is -0.553. The predicted octanol–water partition coefficient (Wildman–Crippen LogP) is 7.74. The quantitative estimate of drug-likeness (QED) is 0.240. The topological polar surface area (TPSA) is 62.1 Å². The third kappa shape index (κ3) is 4.61. The van der Waals surface area contributed by atoms with Crippen molar-refractivity contribution in [2.24, 2.45) is 11.8 Å². The summed E-state index contributed by atoms with van der Waals surface area (Å²) >= 11 is 0. The first-order valence-corrected chi connectivity index (χ1v) is 15.0. The zero-order valence-corrected chi connectivity index (χ0v) is 24.7. The number of fused-ring (bicyclic) bond motifs is 4. The van der Waals surface area contributed by atoms with Crippen molar-refractivity contribution in [3.05, 3.63) is 120 Å². The highest BCUT2D eigenvalue weighted by Crippen LogP contribution is 2.54. The largest absolute Gasteiger partial charge is 0.388 e. The van der Waals surface area contributed by atoms with Crippen molar-refractivity contribution in [1.29, 1.82) is 0 Å². The third-order valence-electron chi connectivity index (χ3n) is 9.69. The van der Waals surface area contributed by atoms with Gasteiger partial charge >= 0.3 is 0 Å². The number of nitrogens with zero attached hydrogens (tertiary/aromatic N) is 4. The van der Waals surface area contributed by atoms with Gasteiger partial charge in [-0.2, -0.15) is 0 Å². The zero-order chi connectivity index (χ0) is 29.7. The summed E-state index contributed by atoms with van der Waals surface area (Å²) in [6, 6.07) is 27.0. The van der Waals surface area contributed by atoms with E-state index < -0.39 is 6.10 Å². The molecular weight excluding hydrogens is 535 g/mol. The van der Waals surface area contributed by atoms with E-state index in [2.05, 4.69) is 42.1 Å². The Hall–Kier alpha value is -4.42. The highest BCUT2D eigenvalue weighted by Gasteiger charge is 2.51. The maximum atomic E-state index is 15.4. The van der Waals surface area contributed by atoms with Crippen molar-refractivity contribution in [1.82, 2.24) is 15.0 Å². The fraction of sp³-hybridized carbons (Fsp3) is 0.270. The molecule has 0 amide bonds. The van der Waals surface area contributed by atoms with Gasteiger partial charge in [0.25, 0.3) is 0 Å². The van der Waals surface area contributed by atoms with Crippen molar-refractivity contribution in [2.75, 3.05) is 11.9 Å². The molecule has 0 bridgehead atoms. The summed E-state index contributed by atoms with van der Waals surface area (Å²) in [6.07, 6.45) is 5.58. The molecule has 4 atom stereocenters. The lowest BCUT2D eigenvalue weighted by Crippen LogP contribution is -2.50. The molecule has 2 aliphatic rings. The number of anilines is 1. The Morgan fingerprint density at radius 3 is 2.51 bits per heavy atom. The molecule has 216 valence electrons. The maximum absolute atomic E-state index is 15.4. The molecule has 2 aromatic heterocycles. The van der Waals surface area contributed by atoms with Gasteiger partial charge in [-0.3, -0.25) is 4.98 Å². The fourth-order valence-corrected chi connectivity index (χ4v) is 7.53. The number of benzene rings is 3. The molecule has 1 fully saturated rings. The number of rotatable bonds is 4. The molecule has 0 spiro atoms. The fourth-order valence-electron chi connectivity index (χ4n) is 7.53. The third-order valence-corrected chi connectivity index (χ3v) is 9.69. The highest BCUT2D eigenvalue weighted by molar-refractivity contribution is 5.93. The summed E-state index contributed by atoms with van der Waals surface area (Å²) in [5.41, 5.74) is 6.51. The van der Waals surface area contributed by atoms with Crippen LogP contribution in [0.15, 0.2) is 103 Å². The first-order chi connectivity index (χ1) is 20.8. The van der Waals surface area contributed by atoms with Crippen LogP contribution < -0.4 is 4.90 Å². The van der Waals surface area contributed by atoms with E-state index >= 15 is 4.39 Å². The molecule has 2 aliphatic carbocycles. The Morgan fingerprint density at radius 1 is 0.930 bits per heavy atom. The first-order valence-electron chi connectivity index (χ1n) is 15.0. The minimum absolute atomic E-state index is 0.0272. The van der Waals surface area contributed by atoms with Gasteiger partial charge < -0.3 is 10.0 Å². The van der Waals surface area contributed by atoms with Crippen LogP contribution >= 0.6 is 0 Å². The molecule has 0 saturated heterocycles. The summed E-state index contributed by atoms with van der Waals surface area (Å²) in [5, 5.41) is 12.5. The second-order valence-electron chi connectivity index (χ2n) is 12.3. The summed E-state index contributed by atoms with van der Waals surface area (Å²) in [6.45, 7) is 4.44. The van der Waals surface area contributed by atoms with Gasteiger partial charge in [0.2, 0.25) is 0 Å². The molecule has 3 aromatic carbocycles. The lowest BCUT2D eigenvalue weighted by Gasteiger charge is -2.51. The van der Waals surface area contributed by atoms with Crippen LogP contribution in [0.3, 0.4) is 0 Å². The Labute approximate surface area is 251 Å². The van der Waals surface area contributed by atoms with Crippen LogP contribution in [0.5, 0.6) is 0 Å². The summed E-state index contributed by atoms with van der Waals surface area (Å²) in [7, 11) is 2.02. The molecule has 0 aliphatic heterocycles. The lowest BCUT2D eigenvalue weighted by molar-refractivity contribution is 0.0303. The Bertz CT molecular complexity index is 1850. The summed E-state index contributed by atoms with van der Waals surface area (Å²) in [4.78, 5) is 17.1. The van der Waals surface area contributed by atoms with Crippen LogP contribution in [0, 0.1) is 17.7 Å². The molecule has 5 nitrogen and oxygen atoms in total. The van der Waals surface area contributed by atoms with E-state index in [1.165, 1.54) is 6.07 Å². The number of aliphatic hydroxyl groups excluding tert-OH is 1. The Kier molecular flexibility index (Phi) is 6.82. The van der Waals surface area contributed by atoms with E-state index in [-0.39, 0.29) is 23.1 Å². The average molecular weight is 571 g/mol. The smallest absolute Gasteiger partial charge is 0.160 e. The van der Waals surface area contributed by atoms with Gasteiger partial charge in [0.1, 0.15) is 5.82 Å². The summed E-state index contributed by atoms with van der Waals surface area (Å²) < 4.78 is 15.4. The van der Waals surface area contributed by atoms with Crippen molar-refractivity contribution < 1.29 is 9.50 Å². The van der Waals surface area contributed by atoms with Crippen molar-refractivity contribution >= 4 is 16.6 Å². The first kappa shape index (κ1) is 27.4. The monoisotopic (exact) mass is 570 g/mol. The zero-order valence-electron chi connectivity index (χ0n) is 24.7. The van der Waals surface area contributed by atoms with E-state index in [4.69, 9.17) is 9.97 Å². The average Bonchev–Trinajstić information content (AvgIpc) is 3.03. The number of para-hydroxylation sites is 1. The molecular formula is C37H35FN4O. The molecule has 5 aromatic rings. The molecule has 1 saturated carbocycles. The standard InChI is InChI=1S/C37H35FN4O/c1-23-30-19-18-29-33(28-13-7-8-16-31(28)38)40-36(27-14-9-17-32-26(27)15-10-20-39-32)41-35(29)37(30,2)21-24(34(23)43)22-42(3)25-11-5-4-6-12-25/h4-17,20,22-23,30,34,43H,18-19,21H2,1-3H3/b24-22-/t23-,30-,34?,37-/m1/s1. The highest BCUT2D eigenvalue weighted by atomic mass is 19.1. The number of hydrogen-bond donors (Lipinski definition) is 1. The van der Waals surface area contributed by atoms with Crippen molar-refractivity contribution in [3.8, 4) is 22.6 Å². The number of aromatic nitrogens is 3. The number of hydrogen-bond acceptors (Lipinski definition) is 5. The van der Waals surface area contributed by atoms with Gasteiger partial charge in [0.05, 0.1) is 23.0 Å². The predicted molar refractivity (Wildman–Crippen MR) is 170 cm³/mol. The van der Waals surface area contributed by atoms with Crippen LogP contribution in [0.2, 0.25) is 0 Å². The van der Waals surface area contributed by atoms with E-state index in [9.17, 15) is 5.11 Å². The summed E-state index contributed by atoms with van der Waals surface area (Å²) in [5.74, 6) is 0.515. The van der Waals surface area contributed by atoms with E-state index in [1.54, 1.807) is 12.3 Å². The van der Waals surface area contributed by atoms with Crippen LogP contribution in [-0.4, -0.2) is 33.2 Å². The number of aliphatic hydroxyl groups is 1. The van der Waals surface area contributed by atoms with Crippen LogP contribution in [-0.2, 0) is 11.8 Å².